The van der Waals surface area contributed by atoms with Crippen LogP contribution in [0.3, 0.4) is 0 Å². The Morgan fingerprint density at radius 3 is 2.67 bits per heavy atom. The van der Waals surface area contributed by atoms with Crippen LogP contribution in [0.25, 0.3) is 11.0 Å². The van der Waals surface area contributed by atoms with Gasteiger partial charge in [-0.15, -0.1) is 5.10 Å². The van der Waals surface area contributed by atoms with Crippen LogP contribution in [0.5, 0.6) is 0 Å². The Bertz CT molecular complexity index is 1100. The zero-order valence-corrected chi connectivity index (χ0v) is 15.3. The van der Waals surface area contributed by atoms with Crippen molar-refractivity contribution in [3.63, 3.8) is 0 Å². The summed E-state index contributed by atoms with van der Waals surface area (Å²) in [6.45, 7) is 2.68. The van der Waals surface area contributed by atoms with Crippen LogP contribution in [0.15, 0.2) is 60.8 Å². The quantitative estimate of drug-likeness (QED) is 0.581. The Morgan fingerprint density at radius 2 is 1.93 bits per heavy atom. The number of aromatic nitrogens is 4. The maximum absolute atomic E-state index is 12.4. The lowest BCUT2D eigenvalue weighted by Gasteiger charge is -2.05. The summed E-state index contributed by atoms with van der Waals surface area (Å²) in [7, 11) is 0. The number of anilines is 1. The molecular formula is C20H16ClN5O. The van der Waals surface area contributed by atoms with Crippen molar-refractivity contribution in [2.45, 2.75) is 13.5 Å². The third kappa shape index (κ3) is 3.80. The van der Waals surface area contributed by atoms with Gasteiger partial charge in [-0.1, -0.05) is 46.6 Å². The Labute approximate surface area is 160 Å². The van der Waals surface area contributed by atoms with Crippen molar-refractivity contribution in [2.24, 2.45) is 0 Å². The topological polar surface area (TPSA) is 72.7 Å². The first-order valence-electron chi connectivity index (χ1n) is 8.40. The second kappa shape index (κ2) is 7.17. The summed E-state index contributed by atoms with van der Waals surface area (Å²) in [6, 6.07) is 16.9. The zero-order valence-electron chi connectivity index (χ0n) is 14.6. The molecule has 2 aromatic heterocycles. The molecule has 0 saturated heterocycles. The number of aryl methyl sites for hydroxylation is 1. The van der Waals surface area contributed by atoms with E-state index in [1.807, 2.05) is 10.7 Å². The largest absolute Gasteiger partial charge is 0.307 e. The first-order chi connectivity index (χ1) is 13.1. The summed E-state index contributed by atoms with van der Waals surface area (Å²) in [5.41, 5.74) is 4.38. The van der Waals surface area contributed by atoms with Crippen LogP contribution >= 0.6 is 11.6 Å². The highest BCUT2D eigenvalue weighted by Crippen LogP contribution is 2.17. The second-order valence-corrected chi connectivity index (χ2v) is 6.69. The van der Waals surface area contributed by atoms with E-state index in [1.54, 1.807) is 24.3 Å². The number of fused-ring (bicyclic) bond motifs is 1. The van der Waals surface area contributed by atoms with Gasteiger partial charge in [0.1, 0.15) is 11.3 Å². The standard InChI is InChI=1S/C20H16ClN5O/c1-13-2-4-14(5-3-13)12-26-18-8-6-15(10-17(18)24-25-26)20(27)23-19-9-7-16(21)11-22-19/h2-11H,12H2,1H3,(H,22,23,27). The van der Waals surface area contributed by atoms with Crippen molar-refractivity contribution >= 4 is 34.4 Å². The van der Waals surface area contributed by atoms with Gasteiger partial charge in [-0.3, -0.25) is 4.79 Å². The highest BCUT2D eigenvalue weighted by molar-refractivity contribution is 6.30. The molecular weight excluding hydrogens is 362 g/mol. The highest BCUT2D eigenvalue weighted by Gasteiger charge is 2.11. The van der Waals surface area contributed by atoms with E-state index in [-0.39, 0.29) is 5.91 Å². The van der Waals surface area contributed by atoms with Crippen molar-refractivity contribution in [2.75, 3.05) is 5.32 Å². The third-order valence-electron chi connectivity index (χ3n) is 4.20. The number of hydrogen-bond donors (Lipinski definition) is 1. The molecule has 0 radical (unpaired) electrons. The number of carbonyl (C=O) groups excluding carboxylic acids is 1. The molecule has 0 unspecified atom stereocenters. The number of benzene rings is 2. The number of nitrogens with zero attached hydrogens (tertiary/aromatic N) is 4. The van der Waals surface area contributed by atoms with Crippen molar-refractivity contribution in [3.8, 4) is 0 Å². The maximum atomic E-state index is 12.4. The van der Waals surface area contributed by atoms with E-state index in [0.29, 0.717) is 28.5 Å². The number of carbonyl (C=O) groups is 1. The van der Waals surface area contributed by atoms with E-state index in [4.69, 9.17) is 11.6 Å². The molecule has 0 spiro atoms. The van der Waals surface area contributed by atoms with Gasteiger partial charge in [-0.05, 0) is 42.8 Å². The molecule has 4 aromatic rings. The average Bonchev–Trinajstić information content (AvgIpc) is 3.07. The summed E-state index contributed by atoms with van der Waals surface area (Å²) in [5.74, 6) is 0.173. The lowest BCUT2D eigenvalue weighted by Crippen LogP contribution is -2.12. The number of halogens is 1. The van der Waals surface area contributed by atoms with Gasteiger partial charge in [0.2, 0.25) is 0 Å². The van der Waals surface area contributed by atoms with Crippen LogP contribution in [-0.2, 0) is 6.54 Å². The molecule has 2 aromatic carbocycles. The number of pyridine rings is 1. The van der Waals surface area contributed by atoms with E-state index in [9.17, 15) is 4.79 Å². The summed E-state index contributed by atoms with van der Waals surface area (Å²) in [5, 5.41) is 11.7. The first kappa shape index (κ1) is 17.2. The fourth-order valence-electron chi connectivity index (χ4n) is 2.73. The molecule has 2 heterocycles. The fraction of sp³-hybridized carbons (Fsp3) is 0.100. The third-order valence-corrected chi connectivity index (χ3v) is 4.42. The highest BCUT2D eigenvalue weighted by atomic mass is 35.5. The molecule has 1 amide bonds. The predicted octanol–water partition coefficient (Wildman–Crippen LogP) is 4.09. The zero-order chi connectivity index (χ0) is 18.8. The lowest BCUT2D eigenvalue weighted by atomic mass is 10.1. The van der Waals surface area contributed by atoms with Crippen LogP contribution in [0, 0.1) is 6.92 Å². The molecule has 0 aliphatic rings. The predicted molar refractivity (Wildman–Crippen MR) is 105 cm³/mol. The maximum Gasteiger partial charge on any atom is 0.256 e. The van der Waals surface area contributed by atoms with Crippen molar-refractivity contribution < 1.29 is 4.79 Å². The molecule has 0 saturated carbocycles. The molecule has 134 valence electrons. The molecule has 1 N–H and O–H groups in total. The van der Waals surface area contributed by atoms with Gasteiger partial charge in [0.15, 0.2) is 0 Å². The molecule has 0 bridgehead atoms. The molecule has 0 aliphatic carbocycles. The van der Waals surface area contributed by atoms with E-state index < -0.39 is 0 Å². The fourth-order valence-corrected chi connectivity index (χ4v) is 2.85. The first-order valence-corrected chi connectivity index (χ1v) is 8.78. The molecule has 0 fully saturated rings. The molecule has 4 rings (SSSR count). The summed E-state index contributed by atoms with van der Waals surface area (Å²) < 4.78 is 1.82. The number of rotatable bonds is 4. The Morgan fingerprint density at radius 1 is 1.11 bits per heavy atom. The van der Waals surface area contributed by atoms with Crippen molar-refractivity contribution in [3.05, 3.63) is 82.5 Å². The minimum Gasteiger partial charge on any atom is -0.307 e. The molecule has 7 heteroatoms. The summed E-state index contributed by atoms with van der Waals surface area (Å²) >= 11 is 5.81. The van der Waals surface area contributed by atoms with Crippen molar-refractivity contribution in [1.82, 2.24) is 20.0 Å². The van der Waals surface area contributed by atoms with Crippen LogP contribution in [0.1, 0.15) is 21.5 Å². The number of amides is 1. The van der Waals surface area contributed by atoms with Gasteiger partial charge in [0.05, 0.1) is 17.1 Å². The van der Waals surface area contributed by atoms with E-state index in [2.05, 4.69) is 51.8 Å². The van der Waals surface area contributed by atoms with Gasteiger partial charge >= 0.3 is 0 Å². The van der Waals surface area contributed by atoms with E-state index in [1.165, 1.54) is 11.8 Å². The summed E-state index contributed by atoms with van der Waals surface area (Å²) in [4.78, 5) is 16.5. The second-order valence-electron chi connectivity index (χ2n) is 6.25. The van der Waals surface area contributed by atoms with Crippen molar-refractivity contribution in [1.29, 1.82) is 0 Å². The monoisotopic (exact) mass is 377 g/mol. The number of hydrogen-bond acceptors (Lipinski definition) is 4. The Balaban J connectivity index is 1.55. The Kier molecular flexibility index (Phi) is 4.56. The molecule has 0 atom stereocenters. The van der Waals surface area contributed by atoms with Gasteiger partial charge in [-0.25, -0.2) is 9.67 Å². The minimum absolute atomic E-state index is 0.264. The van der Waals surface area contributed by atoms with E-state index >= 15 is 0 Å². The number of nitrogens with one attached hydrogen (secondary N) is 1. The van der Waals surface area contributed by atoms with Gasteiger partial charge in [0.25, 0.3) is 5.91 Å². The van der Waals surface area contributed by atoms with Crippen LogP contribution in [0.4, 0.5) is 5.82 Å². The molecule has 0 aliphatic heterocycles. The van der Waals surface area contributed by atoms with Crippen LogP contribution in [0.2, 0.25) is 5.02 Å². The van der Waals surface area contributed by atoms with Gasteiger partial charge < -0.3 is 5.32 Å². The lowest BCUT2D eigenvalue weighted by molar-refractivity contribution is 0.102. The van der Waals surface area contributed by atoms with E-state index in [0.717, 1.165) is 11.1 Å². The van der Waals surface area contributed by atoms with Gasteiger partial charge in [0, 0.05) is 11.8 Å². The average molecular weight is 378 g/mol. The normalized spacial score (nSPS) is 10.9. The SMILES string of the molecule is Cc1ccc(Cn2nnc3cc(C(=O)Nc4ccc(Cl)cn4)ccc32)cc1. The summed E-state index contributed by atoms with van der Waals surface area (Å²) in [6.07, 6.45) is 1.48. The van der Waals surface area contributed by atoms with Crippen LogP contribution in [-0.4, -0.2) is 25.9 Å². The minimum atomic E-state index is -0.264. The molecule has 6 nitrogen and oxygen atoms in total. The van der Waals surface area contributed by atoms with Gasteiger partial charge in [-0.2, -0.15) is 0 Å². The smallest absolute Gasteiger partial charge is 0.256 e. The van der Waals surface area contributed by atoms with Crippen LogP contribution < -0.4 is 5.32 Å². The Hall–Kier alpha value is -3.25. The molecule has 27 heavy (non-hydrogen) atoms.